The third-order valence-electron chi connectivity index (χ3n) is 2.59. The van der Waals surface area contributed by atoms with Crippen LogP contribution in [0.1, 0.15) is 41.5 Å². The fraction of sp³-hybridized carbons (Fsp3) is 0.909. The zero-order valence-electron chi connectivity index (χ0n) is 10.8. The maximum atomic E-state index is 12.0. The van der Waals surface area contributed by atoms with Gasteiger partial charge in [0.05, 0.1) is 0 Å². The van der Waals surface area contributed by atoms with E-state index in [1.165, 1.54) is 0 Å². The summed E-state index contributed by atoms with van der Waals surface area (Å²) >= 11 is 0. The quantitative estimate of drug-likeness (QED) is 0.589. The van der Waals surface area contributed by atoms with Gasteiger partial charge in [0, 0.05) is 25.2 Å². The van der Waals surface area contributed by atoms with Gasteiger partial charge in [-0.05, 0) is 41.5 Å². The lowest BCUT2D eigenvalue weighted by molar-refractivity contribution is 0.104. The number of nitrogens with zero attached hydrogens (tertiary/aromatic N) is 2. The fourth-order valence-electron chi connectivity index (χ4n) is 0.799. The molecular formula is C11H24N2O. The fourth-order valence-corrected chi connectivity index (χ4v) is 0.799. The Kier molecular flexibility index (Phi) is 3.60. The first-order valence-electron chi connectivity index (χ1n) is 4.99. The van der Waals surface area contributed by atoms with Gasteiger partial charge in [-0.2, -0.15) is 0 Å². The van der Waals surface area contributed by atoms with E-state index in [0.29, 0.717) is 0 Å². The highest BCUT2D eigenvalue weighted by Gasteiger charge is 2.29. The summed E-state index contributed by atoms with van der Waals surface area (Å²) in [5.74, 6) is 0. The standard InChI is InChI=1S/C11H24N2O/c1-10(2,3)12(7)9(14)13(8)11(4,5)6/h1-8H3. The second-order valence-electron chi connectivity index (χ2n) is 5.74. The Bertz CT molecular complexity index is 188. The molecule has 3 heteroatoms. The van der Waals surface area contributed by atoms with Gasteiger partial charge in [-0.25, -0.2) is 4.79 Å². The largest absolute Gasteiger partial charge is 0.323 e. The second kappa shape index (κ2) is 3.79. The molecule has 0 aliphatic carbocycles. The molecule has 0 aromatic rings. The van der Waals surface area contributed by atoms with E-state index in [2.05, 4.69) is 0 Å². The first-order chi connectivity index (χ1) is 5.98. The van der Waals surface area contributed by atoms with Gasteiger partial charge in [0.2, 0.25) is 0 Å². The number of urea groups is 1. The van der Waals surface area contributed by atoms with Gasteiger partial charge in [0.25, 0.3) is 0 Å². The Labute approximate surface area is 88.1 Å². The Morgan fingerprint density at radius 3 is 1.14 bits per heavy atom. The highest BCUT2D eigenvalue weighted by molar-refractivity contribution is 5.75. The number of hydrogen-bond donors (Lipinski definition) is 0. The Morgan fingerprint density at radius 1 is 0.786 bits per heavy atom. The Balaban J connectivity index is 4.65. The van der Waals surface area contributed by atoms with Crippen LogP contribution in [-0.2, 0) is 0 Å². The van der Waals surface area contributed by atoms with Crippen molar-refractivity contribution in [2.24, 2.45) is 0 Å². The molecule has 0 atom stereocenters. The SMILES string of the molecule is CN(C(=O)N(C)C(C)(C)C)C(C)(C)C. The molecule has 3 nitrogen and oxygen atoms in total. The molecule has 14 heavy (non-hydrogen) atoms. The summed E-state index contributed by atoms with van der Waals surface area (Å²) in [5.41, 5.74) is -0.257. The number of hydrogen-bond acceptors (Lipinski definition) is 1. The molecule has 0 saturated carbocycles. The van der Waals surface area contributed by atoms with Crippen LogP contribution < -0.4 is 0 Å². The zero-order chi connectivity index (χ0) is 11.7. The Hall–Kier alpha value is -0.730. The van der Waals surface area contributed by atoms with E-state index in [-0.39, 0.29) is 17.1 Å². The predicted octanol–water partition coefficient (Wildman–Crippen LogP) is 2.57. The molecule has 0 radical (unpaired) electrons. The van der Waals surface area contributed by atoms with Crippen molar-refractivity contribution in [3.63, 3.8) is 0 Å². The third-order valence-corrected chi connectivity index (χ3v) is 2.59. The van der Waals surface area contributed by atoms with Gasteiger partial charge < -0.3 is 9.80 Å². The summed E-state index contributed by atoms with van der Waals surface area (Å²) in [7, 11) is 3.68. The minimum atomic E-state index is -0.128. The highest BCUT2D eigenvalue weighted by atomic mass is 16.2. The van der Waals surface area contributed by atoms with Crippen molar-refractivity contribution in [3.05, 3.63) is 0 Å². The van der Waals surface area contributed by atoms with E-state index in [1.54, 1.807) is 9.80 Å². The first-order valence-corrected chi connectivity index (χ1v) is 4.99. The van der Waals surface area contributed by atoms with Crippen molar-refractivity contribution in [2.75, 3.05) is 14.1 Å². The van der Waals surface area contributed by atoms with Gasteiger partial charge in [-0.3, -0.25) is 0 Å². The van der Waals surface area contributed by atoms with Crippen LogP contribution in [0.25, 0.3) is 0 Å². The van der Waals surface area contributed by atoms with Crippen LogP contribution in [0, 0.1) is 0 Å². The van der Waals surface area contributed by atoms with Crippen LogP contribution in [0.2, 0.25) is 0 Å². The van der Waals surface area contributed by atoms with Gasteiger partial charge in [-0.1, -0.05) is 0 Å². The van der Waals surface area contributed by atoms with Gasteiger partial charge in [0.1, 0.15) is 0 Å². The molecule has 0 aliphatic rings. The lowest BCUT2D eigenvalue weighted by Crippen LogP contribution is -2.53. The van der Waals surface area contributed by atoms with Crippen molar-refractivity contribution < 1.29 is 4.79 Å². The lowest BCUT2D eigenvalue weighted by Gasteiger charge is -2.40. The molecule has 0 fully saturated rings. The molecule has 0 heterocycles. The number of carbonyl (C=O) groups excluding carboxylic acids is 1. The monoisotopic (exact) mass is 200 g/mol. The molecule has 0 unspecified atom stereocenters. The van der Waals surface area contributed by atoms with E-state index in [9.17, 15) is 4.79 Å². The van der Waals surface area contributed by atoms with Crippen LogP contribution in [0.4, 0.5) is 4.79 Å². The van der Waals surface area contributed by atoms with Gasteiger partial charge in [-0.15, -0.1) is 0 Å². The molecule has 0 N–H and O–H groups in total. The smallest absolute Gasteiger partial charge is 0.320 e. The van der Waals surface area contributed by atoms with Gasteiger partial charge in [0.15, 0.2) is 0 Å². The average Bonchev–Trinajstić information content (AvgIpc) is 1.97. The summed E-state index contributed by atoms with van der Waals surface area (Å²) in [5, 5.41) is 0. The summed E-state index contributed by atoms with van der Waals surface area (Å²) in [6, 6.07) is 0.0602. The molecule has 0 spiro atoms. The minimum Gasteiger partial charge on any atom is -0.323 e. The topological polar surface area (TPSA) is 23.6 Å². The molecule has 0 rings (SSSR count). The second-order valence-corrected chi connectivity index (χ2v) is 5.74. The molecule has 0 saturated heterocycles. The molecule has 0 aliphatic heterocycles. The van der Waals surface area contributed by atoms with Gasteiger partial charge >= 0.3 is 6.03 Å². The molecule has 0 aromatic heterocycles. The van der Waals surface area contributed by atoms with Crippen LogP contribution in [0.3, 0.4) is 0 Å². The molecule has 84 valence electrons. The summed E-state index contributed by atoms with van der Waals surface area (Å²) in [4.78, 5) is 15.5. The van der Waals surface area contributed by atoms with E-state index < -0.39 is 0 Å². The van der Waals surface area contributed by atoms with E-state index in [1.807, 2.05) is 55.6 Å². The lowest BCUT2D eigenvalue weighted by atomic mass is 10.1. The van der Waals surface area contributed by atoms with Crippen molar-refractivity contribution in [1.82, 2.24) is 9.80 Å². The number of carbonyl (C=O) groups is 1. The van der Waals surface area contributed by atoms with Crippen molar-refractivity contribution in [1.29, 1.82) is 0 Å². The van der Waals surface area contributed by atoms with Crippen LogP contribution in [0.5, 0.6) is 0 Å². The number of rotatable bonds is 0. The number of amides is 2. The first kappa shape index (κ1) is 13.3. The predicted molar refractivity (Wildman–Crippen MR) is 60.4 cm³/mol. The van der Waals surface area contributed by atoms with E-state index in [4.69, 9.17) is 0 Å². The van der Waals surface area contributed by atoms with E-state index in [0.717, 1.165) is 0 Å². The molecular weight excluding hydrogens is 176 g/mol. The van der Waals surface area contributed by atoms with Crippen molar-refractivity contribution >= 4 is 6.03 Å². The minimum absolute atomic E-state index is 0.0602. The maximum Gasteiger partial charge on any atom is 0.320 e. The summed E-state index contributed by atoms with van der Waals surface area (Å²) in [6.45, 7) is 12.2. The van der Waals surface area contributed by atoms with Crippen molar-refractivity contribution in [3.8, 4) is 0 Å². The normalized spacial score (nSPS) is 12.6. The molecule has 0 bridgehead atoms. The van der Waals surface area contributed by atoms with Crippen molar-refractivity contribution in [2.45, 2.75) is 52.6 Å². The summed E-state index contributed by atoms with van der Waals surface area (Å²) in [6.07, 6.45) is 0. The van der Waals surface area contributed by atoms with Crippen LogP contribution in [0.15, 0.2) is 0 Å². The Morgan fingerprint density at radius 2 is 1.00 bits per heavy atom. The average molecular weight is 200 g/mol. The van der Waals surface area contributed by atoms with E-state index >= 15 is 0 Å². The zero-order valence-corrected chi connectivity index (χ0v) is 10.8. The van der Waals surface area contributed by atoms with Crippen LogP contribution in [-0.4, -0.2) is 41.0 Å². The third kappa shape index (κ3) is 3.20. The van der Waals surface area contributed by atoms with Crippen LogP contribution >= 0.6 is 0 Å². The highest BCUT2D eigenvalue weighted by Crippen LogP contribution is 2.17. The maximum absolute atomic E-state index is 12.0. The molecule has 0 aromatic carbocycles. The molecule has 2 amide bonds. The summed E-state index contributed by atoms with van der Waals surface area (Å²) < 4.78 is 0.